The van der Waals surface area contributed by atoms with Crippen LogP contribution < -0.4 is 45.0 Å². The number of nitro benzene ring substituents is 1. The maximum atomic E-state index is 14.4. The normalized spacial score (nSPS) is 10.9. The van der Waals surface area contributed by atoms with Crippen molar-refractivity contribution in [2.24, 2.45) is 0 Å². The molecule has 0 saturated carbocycles. The Bertz CT molecular complexity index is 3640. The first-order valence-corrected chi connectivity index (χ1v) is 26.0. The molecule has 18 nitrogen and oxygen atoms in total. The number of nitrogens with one attached hydrogen (secondary N) is 4. The molecule has 0 spiro atoms. The Morgan fingerprint density at radius 3 is 1.37 bits per heavy atom. The summed E-state index contributed by atoms with van der Waals surface area (Å²) in [6.07, 6.45) is -0.0746. The molecule has 0 aromatic heterocycles. The first kappa shape index (κ1) is 57.0. The van der Waals surface area contributed by atoms with E-state index in [4.69, 9.17) is 28.4 Å². The SMILES string of the molecule is CCCOc1cc(C(=O)Nc2ccc(C(=O)Nc3ccc(C(=O)Nc4ccc(C(=O)OC)cc4OC(C)C)cc3OCc3ccc4ccccc4c3)cc2OCc2ccccc2)ccc1NC(=O)c1ccc([N+](=O)[O-])c(OC(C)C)c1. The monoisotopic (exact) mass is 1090 g/mol. The summed E-state index contributed by atoms with van der Waals surface area (Å²) in [5, 5.41) is 25.2. The molecule has 4 amide bonds. The van der Waals surface area contributed by atoms with E-state index in [1.165, 1.54) is 86.0 Å². The Labute approximate surface area is 467 Å². The average molecular weight is 1090 g/mol. The highest BCUT2D eigenvalue weighted by atomic mass is 16.6. The van der Waals surface area contributed by atoms with Crippen LogP contribution in [0.3, 0.4) is 0 Å². The van der Waals surface area contributed by atoms with Crippen LogP contribution in [-0.4, -0.2) is 60.4 Å². The zero-order valence-corrected chi connectivity index (χ0v) is 45.3. The van der Waals surface area contributed by atoms with Crippen molar-refractivity contribution in [3.05, 3.63) is 213 Å². The minimum Gasteiger partial charge on any atom is -0.491 e. The van der Waals surface area contributed by atoms with Gasteiger partial charge in [-0.3, -0.25) is 29.3 Å². The summed E-state index contributed by atoms with van der Waals surface area (Å²) < 4.78 is 35.2. The van der Waals surface area contributed by atoms with E-state index in [9.17, 15) is 34.1 Å². The molecular formula is C63H59N5O13. The van der Waals surface area contributed by atoms with Gasteiger partial charge in [-0.15, -0.1) is 0 Å². The van der Waals surface area contributed by atoms with E-state index >= 15 is 0 Å². The number of hydrogen-bond donors (Lipinski definition) is 4. The predicted octanol–water partition coefficient (Wildman–Crippen LogP) is 13.1. The molecule has 8 aromatic rings. The van der Waals surface area contributed by atoms with Crippen molar-refractivity contribution in [2.75, 3.05) is 35.0 Å². The molecule has 0 bridgehead atoms. The molecule has 0 aliphatic rings. The van der Waals surface area contributed by atoms with Crippen molar-refractivity contribution in [2.45, 2.75) is 66.5 Å². The van der Waals surface area contributed by atoms with Gasteiger partial charge in [-0.2, -0.15) is 0 Å². The standard InChI is InChI=1S/C63H59N5O13/c1-7-29-77-54-31-44(19-24-49(54)64-62(72)47-23-28-53(68(74)75)58(34-47)81-39(4)5)59(69)65-50-25-20-45(32-55(50)78-36-40-13-9-8-10-14-40)60(70)66-51-26-21-46(33-56(51)79-37-41-17-18-42-15-11-12-16-43(42)30-41)61(71)67-52-27-22-48(63(73)76-6)35-57(52)80-38(2)3/h8-28,30-35,38-39H,7,29,36-37H2,1-6H3,(H,64,72)(H,65,69)(H,66,70)(H,67,71). The van der Waals surface area contributed by atoms with Crippen LogP contribution in [0.25, 0.3) is 10.8 Å². The molecule has 0 saturated heterocycles. The molecule has 0 fully saturated rings. The zero-order valence-electron chi connectivity index (χ0n) is 45.3. The molecule has 0 radical (unpaired) electrons. The van der Waals surface area contributed by atoms with E-state index in [0.717, 1.165) is 21.9 Å². The number of methoxy groups -OCH3 is 1. The lowest BCUT2D eigenvalue weighted by atomic mass is 10.1. The number of nitrogens with zero attached hydrogens (tertiary/aromatic N) is 1. The van der Waals surface area contributed by atoms with E-state index in [0.29, 0.717) is 12.1 Å². The molecule has 81 heavy (non-hydrogen) atoms. The van der Waals surface area contributed by atoms with E-state index in [1.807, 2.05) is 93.6 Å². The smallest absolute Gasteiger partial charge is 0.337 e. The first-order chi connectivity index (χ1) is 39.0. The van der Waals surface area contributed by atoms with Crippen molar-refractivity contribution >= 4 is 68.8 Å². The molecule has 0 unspecified atom stereocenters. The molecule has 0 aliphatic carbocycles. The lowest BCUT2D eigenvalue weighted by Crippen LogP contribution is -2.17. The highest BCUT2D eigenvalue weighted by molar-refractivity contribution is 6.10. The number of ether oxygens (including phenoxy) is 6. The maximum absolute atomic E-state index is 14.4. The van der Waals surface area contributed by atoms with Gasteiger partial charge in [0.25, 0.3) is 23.6 Å². The number of benzene rings is 8. The summed E-state index contributed by atoms with van der Waals surface area (Å²) in [5.74, 6) is -2.10. The van der Waals surface area contributed by atoms with Gasteiger partial charge in [0, 0.05) is 34.4 Å². The van der Waals surface area contributed by atoms with Gasteiger partial charge < -0.3 is 49.7 Å². The molecular weight excluding hydrogens is 1030 g/mol. The number of amides is 4. The van der Waals surface area contributed by atoms with Crippen molar-refractivity contribution in [3.63, 3.8) is 0 Å². The third kappa shape index (κ3) is 14.9. The summed E-state index contributed by atoms with van der Waals surface area (Å²) >= 11 is 0. The number of carbonyl (C=O) groups excluding carboxylic acids is 5. The summed E-state index contributed by atoms with van der Waals surface area (Å²) in [4.78, 5) is 79.4. The summed E-state index contributed by atoms with van der Waals surface area (Å²) in [7, 11) is 1.27. The molecule has 8 aromatic carbocycles. The average Bonchev–Trinajstić information content (AvgIpc) is 3.46. The number of nitro groups is 1. The fraction of sp³-hybridized carbons (Fsp3) is 0.190. The van der Waals surface area contributed by atoms with Crippen LogP contribution in [0.4, 0.5) is 28.4 Å². The van der Waals surface area contributed by atoms with Gasteiger partial charge in [0.15, 0.2) is 5.75 Å². The minimum absolute atomic E-state index is 0.0601. The summed E-state index contributed by atoms with van der Waals surface area (Å²) in [6, 6.07) is 45.2. The van der Waals surface area contributed by atoms with Crippen molar-refractivity contribution < 1.29 is 57.3 Å². The van der Waals surface area contributed by atoms with Crippen LogP contribution in [0.5, 0.6) is 28.7 Å². The topological polar surface area (TPSA) is 232 Å². The second-order valence-corrected chi connectivity index (χ2v) is 19.0. The van der Waals surface area contributed by atoms with Crippen molar-refractivity contribution in [3.8, 4) is 28.7 Å². The van der Waals surface area contributed by atoms with Crippen molar-refractivity contribution in [1.82, 2.24) is 0 Å². The third-order valence-electron chi connectivity index (χ3n) is 12.2. The van der Waals surface area contributed by atoms with E-state index in [1.54, 1.807) is 26.0 Å². The number of fused-ring (bicyclic) bond motifs is 1. The van der Waals surface area contributed by atoms with Gasteiger partial charge in [-0.05, 0) is 141 Å². The lowest BCUT2D eigenvalue weighted by Gasteiger charge is -2.18. The van der Waals surface area contributed by atoms with Gasteiger partial charge in [0.1, 0.15) is 36.2 Å². The predicted molar refractivity (Wildman–Crippen MR) is 308 cm³/mol. The van der Waals surface area contributed by atoms with Crippen LogP contribution in [0, 0.1) is 10.1 Å². The molecule has 0 aliphatic heterocycles. The lowest BCUT2D eigenvalue weighted by molar-refractivity contribution is -0.386. The van der Waals surface area contributed by atoms with Crippen LogP contribution in [0.2, 0.25) is 0 Å². The Hall–Kier alpha value is -10.2. The van der Waals surface area contributed by atoms with Gasteiger partial charge in [0.2, 0.25) is 0 Å². The van der Waals surface area contributed by atoms with Crippen LogP contribution in [-0.2, 0) is 18.0 Å². The van der Waals surface area contributed by atoms with Gasteiger partial charge in [-0.25, -0.2) is 4.79 Å². The fourth-order valence-electron chi connectivity index (χ4n) is 8.25. The van der Waals surface area contributed by atoms with Crippen molar-refractivity contribution in [1.29, 1.82) is 0 Å². The summed E-state index contributed by atoms with van der Waals surface area (Å²) in [6.45, 7) is 9.36. The second kappa shape index (κ2) is 26.4. The molecule has 18 heteroatoms. The number of carbonyl (C=O) groups is 5. The zero-order chi connectivity index (χ0) is 57.6. The number of esters is 1. The Balaban J connectivity index is 1.06. The van der Waals surface area contributed by atoms with Gasteiger partial charge >= 0.3 is 11.7 Å². The minimum atomic E-state index is -0.598. The van der Waals surface area contributed by atoms with Crippen LogP contribution >= 0.6 is 0 Å². The highest BCUT2D eigenvalue weighted by Gasteiger charge is 2.23. The molecule has 0 atom stereocenters. The second-order valence-electron chi connectivity index (χ2n) is 19.0. The molecule has 414 valence electrons. The molecule has 0 heterocycles. The van der Waals surface area contributed by atoms with Crippen LogP contribution in [0.1, 0.15) is 104 Å². The number of anilines is 4. The van der Waals surface area contributed by atoms with E-state index in [-0.39, 0.29) is 105 Å². The quantitative estimate of drug-likeness (QED) is 0.0265. The number of rotatable bonds is 23. The Morgan fingerprint density at radius 2 is 0.877 bits per heavy atom. The summed E-state index contributed by atoms with van der Waals surface area (Å²) in [5.41, 5.74) is 3.21. The van der Waals surface area contributed by atoms with E-state index < -0.39 is 40.6 Å². The number of hydrogen-bond acceptors (Lipinski definition) is 13. The Kier molecular flexibility index (Phi) is 18.6. The maximum Gasteiger partial charge on any atom is 0.337 e. The largest absolute Gasteiger partial charge is 0.491 e. The Morgan fingerprint density at radius 1 is 0.457 bits per heavy atom. The third-order valence-corrected chi connectivity index (χ3v) is 12.2. The fourth-order valence-corrected chi connectivity index (χ4v) is 8.25. The van der Waals surface area contributed by atoms with Crippen LogP contribution in [0.15, 0.2) is 164 Å². The molecule has 4 N–H and O–H groups in total. The molecule has 8 rings (SSSR count). The van der Waals surface area contributed by atoms with Gasteiger partial charge in [0.05, 0.1) is 59.2 Å². The van der Waals surface area contributed by atoms with E-state index in [2.05, 4.69) is 21.3 Å². The highest BCUT2D eigenvalue weighted by Crippen LogP contribution is 2.35. The van der Waals surface area contributed by atoms with Gasteiger partial charge in [-0.1, -0.05) is 73.7 Å². The first-order valence-electron chi connectivity index (χ1n) is 26.0.